The Kier molecular flexibility index (Phi) is 3.07. The van der Waals surface area contributed by atoms with E-state index in [9.17, 15) is 4.39 Å². The summed E-state index contributed by atoms with van der Waals surface area (Å²) in [6.45, 7) is 0. The van der Waals surface area contributed by atoms with E-state index in [0.29, 0.717) is 11.5 Å². The van der Waals surface area contributed by atoms with Crippen LogP contribution in [0.5, 0.6) is 0 Å². The van der Waals surface area contributed by atoms with Gasteiger partial charge in [0.15, 0.2) is 0 Å². The quantitative estimate of drug-likeness (QED) is 0.929. The predicted octanol–water partition coefficient (Wildman–Crippen LogP) is 2.98. The molecule has 0 aliphatic heterocycles. The minimum absolute atomic E-state index is 0.220. The summed E-state index contributed by atoms with van der Waals surface area (Å²) >= 11 is 0. The van der Waals surface area contributed by atoms with E-state index in [1.807, 2.05) is 6.07 Å². The molecule has 1 heterocycles. The van der Waals surface area contributed by atoms with Crippen LogP contribution < -0.4 is 5.32 Å². The molecule has 1 saturated carbocycles. The van der Waals surface area contributed by atoms with E-state index < -0.39 is 0 Å². The number of rotatable bonds is 3. The minimum atomic E-state index is -0.238. The second-order valence-corrected chi connectivity index (χ2v) is 4.97. The molecule has 0 bridgehead atoms. The number of nitrogens with one attached hydrogen (secondary N) is 1. The van der Waals surface area contributed by atoms with Crippen LogP contribution in [0, 0.1) is 17.1 Å². The van der Waals surface area contributed by atoms with E-state index >= 15 is 0 Å². The van der Waals surface area contributed by atoms with Gasteiger partial charge < -0.3 is 5.32 Å². The van der Waals surface area contributed by atoms with Crippen molar-refractivity contribution < 1.29 is 4.39 Å². The molecule has 1 N–H and O–H groups in total. The average Bonchev–Trinajstić information content (AvgIpc) is 2.45. The van der Waals surface area contributed by atoms with Crippen LogP contribution in [0.15, 0.2) is 36.7 Å². The van der Waals surface area contributed by atoms with Gasteiger partial charge in [-0.25, -0.2) is 14.4 Å². The fourth-order valence-electron chi connectivity index (χ4n) is 2.45. The first-order valence-electron chi connectivity index (χ1n) is 6.48. The normalized spacial score (nSPS) is 16.0. The van der Waals surface area contributed by atoms with Gasteiger partial charge in [-0.1, -0.05) is 12.1 Å². The summed E-state index contributed by atoms with van der Waals surface area (Å²) in [7, 11) is 0. The summed E-state index contributed by atoms with van der Waals surface area (Å²) in [5.41, 5.74) is 1.25. The maximum atomic E-state index is 13.0. The Morgan fingerprint density at radius 3 is 2.30 bits per heavy atom. The van der Waals surface area contributed by atoms with E-state index in [4.69, 9.17) is 5.26 Å². The molecular weight excluding hydrogens is 255 g/mol. The second kappa shape index (κ2) is 4.89. The van der Waals surface area contributed by atoms with Crippen molar-refractivity contribution in [3.8, 4) is 6.07 Å². The number of nitriles is 1. The van der Waals surface area contributed by atoms with Gasteiger partial charge in [-0.15, -0.1) is 0 Å². The number of hydrogen-bond donors (Lipinski definition) is 1. The van der Waals surface area contributed by atoms with E-state index in [0.717, 1.165) is 24.8 Å². The number of halogens is 1. The monoisotopic (exact) mass is 268 g/mol. The first-order chi connectivity index (χ1) is 9.72. The Morgan fingerprint density at radius 1 is 1.15 bits per heavy atom. The Morgan fingerprint density at radius 2 is 1.80 bits per heavy atom. The van der Waals surface area contributed by atoms with Gasteiger partial charge in [0.05, 0.1) is 23.5 Å². The number of anilines is 1. The third-order valence-electron chi connectivity index (χ3n) is 3.74. The molecule has 5 heteroatoms. The van der Waals surface area contributed by atoms with Crippen molar-refractivity contribution in [1.29, 1.82) is 5.26 Å². The molecule has 0 atom stereocenters. The molecule has 1 aromatic carbocycles. The molecule has 20 heavy (non-hydrogen) atoms. The fourth-order valence-corrected chi connectivity index (χ4v) is 2.45. The highest BCUT2D eigenvalue weighted by molar-refractivity contribution is 5.40. The summed E-state index contributed by atoms with van der Waals surface area (Å²) in [5, 5.41) is 12.1. The van der Waals surface area contributed by atoms with Gasteiger partial charge in [0.1, 0.15) is 11.9 Å². The molecule has 3 rings (SSSR count). The van der Waals surface area contributed by atoms with Gasteiger partial charge in [-0.3, -0.25) is 0 Å². The van der Waals surface area contributed by atoms with Crippen molar-refractivity contribution in [3.05, 3.63) is 53.6 Å². The number of aromatic nitrogens is 2. The molecule has 4 nitrogen and oxygen atoms in total. The standard InChI is InChI=1S/C15H13FN4/c16-13-4-2-12(3-5-13)15(6-1-7-15)20-14-18-9-11(8-17)10-19-14/h2-5,9-10H,1,6-7H2,(H,18,19,20). The SMILES string of the molecule is N#Cc1cnc(NC2(c3ccc(F)cc3)CCC2)nc1. The van der Waals surface area contributed by atoms with E-state index in [1.165, 1.54) is 24.5 Å². The van der Waals surface area contributed by atoms with Crippen LogP contribution in [0.3, 0.4) is 0 Å². The number of nitrogens with zero attached hydrogens (tertiary/aromatic N) is 3. The zero-order chi connectivity index (χ0) is 14.0. The molecule has 1 aliphatic rings. The van der Waals surface area contributed by atoms with Crippen LogP contribution in [0.2, 0.25) is 0 Å². The smallest absolute Gasteiger partial charge is 0.223 e. The van der Waals surface area contributed by atoms with Gasteiger partial charge in [0.2, 0.25) is 5.95 Å². The van der Waals surface area contributed by atoms with E-state index in [1.54, 1.807) is 12.1 Å². The molecular formula is C15H13FN4. The largest absolute Gasteiger partial charge is 0.345 e. The molecule has 1 aliphatic carbocycles. The minimum Gasteiger partial charge on any atom is -0.345 e. The van der Waals surface area contributed by atoms with Crippen LogP contribution in [0.1, 0.15) is 30.4 Å². The van der Waals surface area contributed by atoms with Crippen molar-refractivity contribution >= 4 is 5.95 Å². The summed E-state index contributed by atoms with van der Waals surface area (Å²) in [6.07, 6.45) is 6.02. The maximum Gasteiger partial charge on any atom is 0.223 e. The summed E-state index contributed by atoms with van der Waals surface area (Å²) in [4.78, 5) is 8.28. The van der Waals surface area contributed by atoms with Crippen molar-refractivity contribution in [2.45, 2.75) is 24.8 Å². The predicted molar refractivity (Wildman–Crippen MR) is 72.3 cm³/mol. The summed E-state index contributed by atoms with van der Waals surface area (Å²) in [6, 6.07) is 8.52. The lowest BCUT2D eigenvalue weighted by Crippen LogP contribution is -2.42. The summed E-state index contributed by atoms with van der Waals surface area (Å²) in [5.74, 6) is 0.255. The lowest BCUT2D eigenvalue weighted by molar-refractivity contribution is 0.282. The van der Waals surface area contributed by atoms with Gasteiger partial charge in [-0.05, 0) is 37.0 Å². The fraction of sp³-hybridized carbons (Fsp3) is 0.267. The average molecular weight is 268 g/mol. The highest BCUT2D eigenvalue weighted by Crippen LogP contribution is 2.43. The zero-order valence-corrected chi connectivity index (χ0v) is 10.8. The lowest BCUT2D eigenvalue weighted by atomic mass is 9.72. The van der Waals surface area contributed by atoms with Crippen LogP contribution in [-0.4, -0.2) is 9.97 Å². The van der Waals surface area contributed by atoms with Crippen molar-refractivity contribution in [2.75, 3.05) is 5.32 Å². The van der Waals surface area contributed by atoms with E-state index in [-0.39, 0.29) is 11.4 Å². The van der Waals surface area contributed by atoms with Crippen LogP contribution in [0.4, 0.5) is 10.3 Å². The van der Waals surface area contributed by atoms with Gasteiger partial charge in [0, 0.05) is 0 Å². The van der Waals surface area contributed by atoms with Gasteiger partial charge in [-0.2, -0.15) is 5.26 Å². The topological polar surface area (TPSA) is 61.6 Å². The first-order valence-corrected chi connectivity index (χ1v) is 6.48. The van der Waals surface area contributed by atoms with Gasteiger partial charge in [0.25, 0.3) is 0 Å². The highest BCUT2D eigenvalue weighted by atomic mass is 19.1. The molecule has 0 amide bonds. The van der Waals surface area contributed by atoms with Crippen molar-refractivity contribution in [2.24, 2.45) is 0 Å². The lowest BCUT2D eigenvalue weighted by Gasteiger charge is -2.43. The van der Waals surface area contributed by atoms with Crippen molar-refractivity contribution in [1.82, 2.24) is 9.97 Å². The maximum absolute atomic E-state index is 13.0. The molecule has 0 saturated heterocycles. The number of benzene rings is 1. The Balaban J connectivity index is 1.85. The molecule has 100 valence electrons. The first kappa shape index (κ1) is 12.5. The molecule has 1 fully saturated rings. The number of hydrogen-bond acceptors (Lipinski definition) is 4. The van der Waals surface area contributed by atoms with Crippen molar-refractivity contribution in [3.63, 3.8) is 0 Å². The third kappa shape index (κ3) is 2.21. The second-order valence-electron chi connectivity index (χ2n) is 4.97. The van der Waals surface area contributed by atoms with Crippen LogP contribution in [0.25, 0.3) is 0 Å². The molecule has 0 unspecified atom stereocenters. The molecule has 0 spiro atoms. The zero-order valence-electron chi connectivity index (χ0n) is 10.8. The molecule has 2 aromatic rings. The Bertz CT molecular complexity index is 639. The van der Waals surface area contributed by atoms with E-state index in [2.05, 4.69) is 15.3 Å². The Labute approximate surface area is 116 Å². The summed E-state index contributed by atoms with van der Waals surface area (Å²) < 4.78 is 13.0. The third-order valence-corrected chi connectivity index (χ3v) is 3.74. The Hall–Kier alpha value is -2.48. The molecule has 1 aromatic heterocycles. The van der Waals surface area contributed by atoms with Crippen LogP contribution in [-0.2, 0) is 5.54 Å². The molecule has 0 radical (unpaired) electrons. The van der Waals surface area contributed by atoms with Crippen LogP contribution >= 0.6 is 0 Å². The highest BCUT2D eigenvalue weighted by Gasteiger charge is 2.39. The van der Waals surface area contributed by atoms with Gasteiger partial charge >= 0.3 is 0 Å².